The fraction of sp³-hybridized carbons (Fsp3) is 0.190. The third-order valence-corrected chi connectivity index (χ3v) is 4.16. The van der Waals surface area contributed by atoms with Gasteiger partial charge in [-0.25, -0.2) is 5.43 Å². The highest BCUT2D eigenvalue weighted by atomic mass is 79.9. The summed E-state index contributed by atoms with van der Waals surface area (Å²) >= 11 is 3.36. The van der Waals surface area contributed by atoms with E-state index in [-0.39, 0.29) is 13.0 Å². The van der Waals surface area contributed by atoms with Crippen LogP contribution in [0, 0.1) is 12.3 Å². The van der Waals surface area contributed by atoms with Gasteiger partial charge in [-0.3, -0.25) is 9.59 Å². The Morgan fingerprint density at radius 1 is 1.25 bits per heavy atom. The summed E-state index contributed by atoms with van der Waals surface area (Å²) in [4.78, 5) is 24.0. The number of carbonyl (C=O) groups is 2. The molecule has 0 aliphatic rings. The summed E-state index contributed by atoms with van der Waals surface area (Å²) in [6.45, 7) is 2.12. The van der Waals surface area contributed by atoms with Gasteiger partial charge in [-0.05, 0) is 36.2 Å². The van der Waals surface area contributed by atoms with Crippen molar-refractivity contribution in [3.05, 3.63) is 58.1 Å². The number of hydrogen-bond acceptors (Lipinski definition) is 4. The fourth-order valence-electron chi connectivity index (χ4n) is 2.38. The molecule has 2 rings (SSSR count). The maximum atomic E-state index is 12.1. The molecular formula is C21H20BrN3O3. The van der Waals surface area contributed by atoms with Crippen LogP contribution in [0.15, 0.2) is 52.0 Å². The minimum Gasteiger partial charge on any atom is -0.480 e. The molecule has 0 heterocycles. The predicted molar refractivity (Wildman–Crippen MR) is 113 cm³/mol. The Bertz CT molecular complexity index is 919. The van der Waals surface area contributed by atoms with E-state index in [4.69, 9.17) is 11.2 Å². The summed E-state index contributed by atoms with van der Waals surface area (Å²) in [6, 6.07) is 12.8. The molecule has 0 saturated carbocycles. The van der Waals surface area contributed by atoms with Gasteiger partial charge in [-0.2, -0.15) is 5.10 Å². The van der Waals surface area contributed by atoms with Crippen molar-refractivity contribution in [2.24, 2.45) is 5.10 Å². The molecule has 0 bridgehead atoms. The lowest BCUT2D eigenvalue weighted by molar-refractivity contribution is -0.126. The molecule has 0 atom stereocenters. The van der Waals surface area contributed by atoms with E-state index in [2.05, 4.69) is 37.7 Å². The topological polar surface area (TPSA) is 79.8 Å². The normalized spacial score (nSPS) is 10.3. The van der Waals surface area contributed by atoms with Crippen LogP contribution in [-0.4, -0.2) is 24.6 Å². The number of hydrogen-bond donors (Lipinski definition) is 2. The molecule has 7 heteroatoms. The highest BCUT2D eigenvalue weighted by molar-refractivity contribution is 9.10. The maximum absolute atomic E-state index is 12.1. The molecule has 2 N–H and O–H groups in total. The van der Waals surface area contributed by atoms with E-state index in [1.165, 1.54) is 6.21 Å². The van der Waals surface area contributed by atoms with Crippen LogP contribution < -0.4 is 15.5 Å². The Morgan fingerprint density at radius 2 is 2.04 bits per heavy atom. The van der Waals surface area contributed by atoms with Crippen LogP contribution >= 0.6 is 15.9 Å². The van der Waals surface area contributed by atoms with Crippen LogP contribution in [-0.2, 0) is 16.0 Å². The molecule has 0 aliphatic heterocycles. The van der Waals surface area contributed by atoms with Gasteiger partial charge in [0.2, 0.25) is 11.8 Å². The van der Waals surface area contributed by atoms with Gasteiger partial charge in [0.05, 0.1) is 6.21 Å². The molecule has 0 unspecified atom stereocenters. The lowest BCUT2D eigenvalue weighted by Crippen LogP contribution is -2.25. The molecule has 2 aromatic rings. The molecule has 2 amide bonds. The Morgan fingerprint density at radius 3 is 2.79 bits per heavy atom. The van der Waals surface area contributed by atoms with Crippen LogP contribution in [0.5, 0.6) is 5.75 Å². The predicted octanol–water partition coefficient (Wildman–Crippen LogP) is 3.50. The van der Waals surface area contributed by atoms with Crippen LogP contribution in [0.2, 0.25) is 0 Å². The van der Waals surface area contributed by atoms with E-state index in [9.17, 15) is 9.59 Å². The number of anilines is 1. The Hall–Kier alpha value is -3.11. The first-order valence-electron chi connectivity index (χ1n) is 8.59. The Kier molecular flexibility index (Phi) is 8.25. The monoisotopic (exact) mass is 441 g/mol. The quantitative estimate of drug-likeness (QED) is 0.284. The Balaban J connectivity index is 1.92. The minimum absolute atomic E-state index is 0.119. The lowest BCUT2D eigenvalue weighted by atomic mass is 10.1. The molecule has 2 aromatic carbocycles. The second-order valence-electron chi connectivity index (χ2n) is 5.70. The average molecular weight is 442 g/mol. The smallest absolute Gasteiger partial charge is 0.249 e. The van der Waals surface area contributed by atoms with E-state index in [0.717, 1.165) is 16.5 Å². The first kappa shape index (κ1) is 21.2. The van der Waals surface area contributed by atoms with Crippen molar-refractivity contribution >= 4 is 39.6 Å². The number of benzene rings is 2. The largest absolute Gasteiger partial charge is 0.480 e. The molecule has 0 saturated heterocycles. The third-order valence-electron chi connectivity index (χ3n) is 3.67. The van der Waals surface area contributed by atoms with E-state index in [1.807, 2.05) is 25.1 Å². The van der Waals surface area contributed by atoms with Gasteiger partial charge < -0.3 is 10.1 Å². The van der Waals surface area contributed by atoms with Gasteiger partial charge in [-0.1, -0.05) is 47.0 Å². The molecule has 6 nitrogen and oxygen atoms in total. The van der Waals surface area contributed by atoms with Crippen molar-refractivity contribution in [1.82, 2.24) is 5.43 Å². The number of nitrogens with one attached hydrogen (secondary N) is 2. The number of ether oxygens (including phenoxy) is 1. The molecule has 28 heavy (non-hydrogen) atoms. The van der Waals surface area contributed by atoms with Gasteiger partial charge in [0.15, 0.2) is 0 Å². The van der Waals surface area contributed by atoms with Crippen molar-refractivity contribution in [2.45, 2.75) is 19.8 Å². The van der Waals surface area contributed by atoms with Crippen molar-refractivity contribution < 1.29 is 14.3 Å². The minimum atomic E-state index is -0.524. The number of hydrazone groups is 1. The zero-order valence-electron chi connectivity index (χ0n) is 15.4. The van der Waals surface area contributed by atoms with Gasteiger partial charge in [0, 0.05) is 15.7 Å². The number of amides is 2. The molecule has 0 radical (unpaired) electrons. The SMILES string of the molecule is C#CCOc1ccc(Br)cc1C=NNC(=O)CC(=O)Nc1ccccc1CC. The zero-order chi connectivity index (χ0) is 20.4. The number of rotatable bonds is 8. The fourth-order valence-corrected chi connectivity index (χ4v) is 2.75. The number of nitrogens with zero attached hydrogens (tertiary/aromatic N) is 1. The summed E-state index contributed by atoms with van der Waals surface area (Å²) in [5.74, 6) is 1.99. The summed E-state index contributed by atoms with van der Waals surface area (Å²) in [7, 11) is 0. The summed E-state index contributed by atoms with van der Waals surface area (Å²) < 4.78 is 6.25. The third kappa shape index (κ3) is 6.56. The number of terminal acetylenes is 1. The van der Waals surface area contributed by atoms with Crippen molar-refractivity contribution in [2.75, 3.05) is 11.9 Å². The maximum Gasteiger partial charge on any atom is 0.249 e. The first-order chi connectivity index (χ1) is 13.5. The van der Waals surface area contributed by atoms with Crippen molar-refractivity contribution in [1.29, 1.82) is 0 Å². The molecule has 0 fully saturated rings. The zero-order valence-corrected chi connectivity index (χ0v) is 17.0. The number of aryl methyl sites for hydroxylation is 1. The van der Waals surface area contributed by atoms with Gasteiger partial charge in [0.25, 0.3) is 0 Å². The molecule has 0 aromatic heterocycles. The van der Waals surface area contributed by atoms with Crippen LogP contribution in [0.1, 0.15) is 24.5 Å². The Labute approximate surface area is 172 Å². The molecule has 0 spiro atoms. The van der Waals surface area contributed by atoms with Crippen molar-refractivity contribution in [3.63, 3.8) is 0 Å². The van der Waals surface area contributed by atoms with Crippen LogP contribution in [0.25, 0.3) is 0 Å². The van der Waals surface area contributed by atoms with Gasteiger partial charge in [-0.15, -0.1) is 6.42 Å². The molecular weight excluding hydrogens is 422 g/mol. The standard InChI is InChI=1S/C21H20BrN3O3/c1-3-11-28-19-10-9-17(22)12-16(19)14-23-25-21(27)13-20(26)24-18-8-6-5-7-15(18)4-2/h1,5-10,12,14H,4,11,13H2,2H3,(H,24,26)(H,25,27). The number of halogens is 1. The second-order valence-corrected chi connectivity index (χ2v) is 6.62. The second kappa shape index (κ2) is 10.9. The highest BCUT2D eigenvalue weighted by Gasteiger charge is 2.10. The van der Waals surface area contributed by atoms with Crippen molar-refractivity contribution in [3.8, 4) is 18.1 Å². The van der Waals surface area contributed by atoms with Gasteiger partial charge >= 0.3 is 0 Å². The average Bonchev–Trinajstić information content (AvgIpc) is 2.67. The van der Waals surface area contributed by atoms with Crippen LogP contribution in [0.3, 0.4) is 0 Å². The summed E-state index contributed by atoms with van der Waals surface area (Å²) in [5, 5.41) is 6.63. The van der Waals surface area contributed by atoms with Gasteiger partial charge in [0.1, 0.15) is 18.8 Å². The number of carbonyl (C=O) groups excluding carboxylic acids is 2. The highest BCUT2D eigenvalue weighted by Crippen LogP contribution is 2.21. The van der Waals surface area contributed by atoms with E-state index in [0.29, 0.717) is 17.0 Å². The first-order valence-corrected chi connectivity index (χ1v) is 9.38. The van der Waals surface area contributed by atoms with E-state index >= 15 is 0 Å². The molecule has 0 aliphatic carbocycles. The van der Waals surface area contributed by atoms with E-state index in [1.54, 1.807) is 24.3 Å². The van der Waals surface area contributed by atoms with Crippen LogP contribution in [0.4, 0.5) is 5.69 Å². The molecule has 144 valence electrons. The summed E-state index contributed by atoms with van der Waals surface area (Å²) in [6.07, 6.45) is 7.07. The van der Waals surface area contributed by atoms with E-state index < -0.39 is 11.8 Å². The number of para-hydroxylation sites is 1. The lowest BCUT2D eigenvalue weighted by Gasteiger charge is -2.09. The summed E-state index contributed by atoms with van der Waals surface area (Å²) in [5.41, 5.74) is 4.68.